The standard InChI is InChI=1S/C27H19ClFN3O4S/c28-23-15-18(5-14-26(23)36-17-27(33)31-25-4-2-1-3-24(25)29)16-30-19-6-10-21(11-7-19)37-22-12-8-20(9-13-22)32(34)35/h1-16H,17H2,(H,31,33). The van der Waals surface area contributed by atoms with Gasteiger partial charge in [-0.25, -0.2) is 4.39 Å². The summed E-state index contributed by atoms with van der Waals surface area (Å²) in [5, 5.41) is 13.5. The van der Waals surface area contributed by atoms with Gasteiger partial charge in [0.15, 0.2) is 6.61 Å². The number of hydrogen-bond acceptors (Lipinski definition) is 6. The predicted molar refractivity (Wildman–Crippen MR) is 143 cm³/mol. The Balaban J connectivity index is 1.31. The Morgan fingerprint density at radius 3 is 2.35 bits per heavy atom. The fraction of sp³-hybridized carbons (Fsp3) is 0.0370. The largest absolute Gasteiger partial charge is 0.482 e. The SMILES string of the molecule is O=C(COc1ccc(C=Nc2ccc(Sc3ccc([N+](=O)[O-])cc3)cc2)cc1Cl)Nc1ccccc1F. The van der Waals surface area contributed by atoms with Crippen LogP contribution < -0.4 is 10.1 Å². The van der Waals surface area contributed by atoms with Crippen molar-refractivity contribution in [1.29, 1.82) is 0 Å². The van der Waals surface area contributed by atoms with Crippen LogP contribution in [-0.4, -0.2) is 23.7 Å². The van der Waals surface area contributed by atoms with Gasteiger partial charge in [-0.05, 0) is 72.3 Å². The Labute approximate surface area is 221 Å². The lowest BCUT2D eigenvalue weighted by molar-refractivity contribution is -0.384. The van der Waals surface area contributed by atoms with Crippen molar-refractivity contribution >= 4 is 52.5 Å². The van der Waals surface area contributed by atoms with E-state index < -0.39 is 16.6 Å². The molecule has 0 aromatic heterocycles. The maximum absolute atomic E-state index is 13.7. The van der Waals surface area contributed by atoms with Crippen molar-refractivity contribution < 1.29 is 18.8 Å². The number of benzene rings is 4. The van der Waals surface area contributed by atoms with Crippen LogP contribution in [-0.2, 0) is 4.79 Å². The number of amides is 1. The molecule has 0 saturated heterocycles. The van der Waals surface area contributed by atoms with Crippen LogP contribution in [0.25, 0.3) is 0 Å². The van der Waals surface area contributed by atoms with Gasteiger partial charge in [-0.1, -0.05) is 35.5 Å². The average molecular weight is 536 g/mol. The van der Waals surface area contributed by atoms with Crippen molar-refractivity contribution in [2.24, 2.45) is 4.99 Å². The van der Waals surface area contributed by atoms with Gasteiger partial charge in [-0.3, -0.25) is 19.9 Å². The van der Waals surface area contributed by atoms with Gasteiger partial charge in [-0.2, -0.15) is 0 Å². The molecule has 186 valence electrons. The minimum absolute atomic E-state index is 0.0546. The number of halogens is 2. The normalized spacial score (nSPS) is 10.9. The Kier molecular flexibility index (Phi) is 8.50. The number of nitrogens with zero attached hydrogens (tertiary/aromatic N) is 2. The molecule has 0 atom stereocenters. The number of aliphatic imine (C=N–C) groups is 1. The number of hydrogen-bond donors (Lipinski definition) is 1. The second-order valence-electron chi connectivity index (χ2n) is 7.61. The number of anilines is 1. The highest BCUT2D eigenvalue weighted by molar-refractivity contribution is 7.99. The summed E-state index contributed by atoms with van der Waals surface area (Å²) in [6.45, 7) is -0.328. The molecular formula is C27H19ClFN3O4S. The van der Waals surface area contributed by atoms with E-state index in [4.69, 9.17) is 16.3 Å². The minimum atomic E-state index is -0.532. The molecule has 37 heavy (non-hydrogen) atoms. The van der Waals surface area contributed by atoms with Crippen molar-refractivity contribution in [2.75, 3.05) is 11.9 Å². The lowest BCUT2D eigenvalue weighted by atomic mass is 10.2. The zero-order chi connectivity index (χ0) is 26.2. The van der Waals surface area contributed by atoms with Crippen LogP contribution in [0.5, 0.6) is 5.75 Å². The topological polar surface area (TPSA) is 93.8 Å². The third-order valence-electron chi connectivity index (χ3n) is 4.95. The molecule has 4 aromatic carbocycles. The Morgan fingerprint density at radius 2 is 1.70 bits per heavy atom. The molecule has 1 N–H and O–H groups in total. The van der Waals surface area contributed by atoms with Crippen molar-refractivity contribution in [3.8, 4) is 5.75 Å². The molecule has 0 aliphatic heterocycles. The number of ether oxygens (including phenoxy) is 1. The van der Waals surface area contributed by atoms with Gasteiger partial charge < -0.3 is 10.1 Å². The van der Waals surface area contributed by atoms with E-state index in [1.807, 2.05) is 24.3 Å². The number of nitro benzene ring substituents is 1. The molecule has 0 radical (unpaired) electrons. The van der Waals surface area contributed by atoms with Crippen molar-refractivity contribution in [3.05, 3.63) is 118 Å². The van der Waals surface area contributed by atoms with E-state index >= 15 is 0 Å². The maximum atomic E-state index is 13.7. The predicted octanol–water partition coefficient (Wildman–Crippen LogP) is 7.31. The maximum Gasteiger partial charge on any atom is 0.269 e. The number of rotatable bonds is 9. The molecule has 0 aliphatic rings. The number of para-hydroxylation sites is 1. The van der Waals surface area contributed by atoms with Gasteiger partial charge in [-0.15, -0.1) is 0 Å². The summed E-state index contributed by atoms with van der Waals surface area (Å²) in [4.78, 5) is 28.7. The number of non-ortho nitro benzene ring substituents is 1. The van der Waals surface area contributed by atoms with Crippen molar-refractivity contribution in [3.63, 3.8) is 0 Å². The number of carbonyl (C=O) groups excluding carboxylic acids is 1. The molecule has 10 heteroatoms. The molecule has 0 fully saturated rings. The average Bonchev–Trinajstić information content (AvgIpc) is 2.89. The van der Waals surface area contributed by atoms with Gasteiger partial charge in [0, 0.05) is 28.1 Å². The Bertz CT molecular complexity index is 1450. The zero-order valence-electron chi connectivity index (χ0n) is 19.1. The second kappa shape index (κ2) is 12.2. The van der Waals surface area contributed by atoms with Crippen LogP contribution >= 0.6 is 23.4 Å². The number of nitro groups is 1. The second-order valence-corrected chi connectivity index (χ2v) is 9.17. The molecule has 1 amide bonds. The van der Waals surface area contributed by atoms with Gasteiger partial charge in [0.25, 0.3) is 11.6 Å². The summed E-state index contributed by atoms with van der Waals surface area (Å²) in [6.07, 6.45) is 1.65. The quantitative estimate of drug-likeness (QED) is 0.138. The molecule has 0 spiro atoms. The number of carbonyl (C=O) groups is 1. The van der Waals surface area contributed by atoms with E-state index in [0.29, 0.717) is 10.8 Å². The minimum Gasteiger partial charge on any atom is -0.482 e. The molecule has 0 bridgehead atoms. The van der Waals surface area contributed by atoms with Gasteiger partial charge >= 0.3 is 0 Å². The number of nitrogens with one attached hydrogen (secondary N) is 1. The summed E-state index contributed by atoms with van der Waals surface area (Å²) in [5.74, 6) is -0.729. The summed E-state index contributed by atoms with van der Waals surface area (Å²) >= 11 is 7.78. The molecular weight excluding hydrogens is 517 g/mol. The van der Waals surface area contributed by atoms with E-state index in [1.165, 1.54) is 42.1 Å². The van der Waals surface area contributed by atoms with Crippen molar-refractivity contribution in [2.45, 2.75) is 9.79 Å². The van der Waals surface area contributed by atoms with Gasteiger partial charge in [0.1, 0.15) is 11.6 Å². The van der Waals surface area contributed by atoms with Gasteiger partial charge in [0.05, 0.1) is 21.3 Å². The highest BCUT2D eigenvalue weighted by Gasteiger charge is 2.09. The Hall–Kier alpha value is -4.21. The van der Waals surface area contributed by atoms with E-state index in [-0.39, 0.29) is 18.0 Å². The van der Waals surface area contributed by atoms with Crippen LogP contribution in [0.15, 0.2) is 106 Å². The molecule has 0 saturated carbocycles. The van der Waals surface area contributed by atoms with Crippen molar-refractivity contribution in [1.82, 2.24) is 0 Å². The van der Waals surface area contributed by atoms with E-state index in [1.54, 1.807) is 42.6 Å². The summed E-state index contributed by atoms with van der Waals surface area (Å²) in [6, 6.07) is 24.8. The zero-order valence-corrected chi connectivity index (χ0v) is 20.7. The molecule has 0 aliphatic carbocycles. The first-order valence-electron chi connectivity index (χ1n) is 10.9. The van der Waals surface area contributed by atoms with Crippen LogP contribution in [0.2, 0.25) is 5.02 Å². The van der Waals surface area contributed by atoms with Gasteiger partial charge in [0.2, 0.25) is 0 Å². The van der Waals surface area contributed by atoms with Crippen LogP contribution in [0.4, 0.5) is 21.5 Å². The Morgan fingerprint density at radius 1 is 1.03 bits per heavy atom. The van der Waals surface area contributed by atoms with Crippen LogP contribution in [0, 0.1) is 15.9 Å². The summed E-state index contributed by atoms with van der Waals surface area (Å²) in [7, 11) is 0. The highest BCUT2D eigenvalue weighted by atomic mass is 35.5. The third-order valence-corrected chi connectivity index (χ3v) is 6.26. The summed E-state index contributed by atoms with van der Waals surface area (Å²) < 4.78 is 19.1. The molecule has 7 nitrogen and oxygen atoms in total. The molecule has 4 aromatic rings. The lowest BCUT2D eigenvalue weighted by Gasteiger charge is -2.09. The highest BCUT2D eigenvalue weighted by Crippen LogP contribution is 2.30. The third kappa shape index (κ3) is 7.39. The van der Waals surface area contributed by atoms with E-state index in [0.717, 1.165) is 21.0 Å². The monoisotopic (exact) mass is 535 g/mol. The molecule has 0 heterocycles. The van der Waals surface area contributed by atoms with E-state index in [2.05, 4.69) is 10.3 Å². The first-order chi connectivity index (χ1) is 17.9. The van der Waals surface area contributed by atoms with Crippen LogP contribution in [0.1, 0.15) is 5.56 Å². The first-order valence-corrected chi connectivity index (χ1v) is 12.1. The first kappa shape index (κ1) is 25.9. The fourth-order valence-electron chi connectivity index (χ4n) is 3.13. The molecule has 4 rings (SSSR count). The van der Waals surface area contributed by atoms with E-state index in [9.17, 15) is 19.3 Å². The fourth-order valence-corrected chi connectivity index (χ4v) is 4.19. The molecule has 0 unspecified atom stereocenters. The van der Waals surface area contributed by atoms with Crippen LogP contribution in [0.3, 0.4) is 0 Å². The smallest absolute Gasteiger partial charge is 0.269 e. The lowest BCUT2D eigenvalue weighted by Crippen LogP contribution is -2.20. The summed E-state index contributed by atoms with van der Waals surface area (Å²) in [5.41, 5.74) is 1.59.